The van der Waals surface area contributed by atoms with E-state index in [1.807, 2.05) is 0 Å². The third kappa shape index (κ3) is 3.22. The molecule has 0 unspecified atom stereocenters. The van der Waals surface area contributed by atoms with Crippen molar-refractivity contribution in [1.29, 1.82) is 0 Å². The van der Waals surface area contributed by atoms with E-state index >= 15 is 0 Å². The Labute approximate surface area is 206 Å². The van der Waals surface area contributed by atoms with Gasteiger partial charge in [0.1, 0.15) is 17.9 Å². The van der Waals surface area contributed by atoms with Gasteiger partial charge in [0.15, 0.2) is 5.78 Å². The Morgan fingerprint density at radius 2 is 1.80 bits per heavy atom. The van der Waals surface area contributed by atoms with Gasteiger partial charge in [0.05, 0.1) is 11.4 Å². The van der Waals surface area contributed by atoms with Crippen LogP contribution in [0, 0.1) is 18.8 Å². The smallest absolute Gasteiger partial charge is 0.291 e. The summed E-state index contributed by atoms with van der Waals surface area (Å²) in [5, 5.41) is 5.11. The van der Waals surface area contributed by atoms with E-state index in [0.717, 1.165) is 4.90 Å². The first kappa shape index (κ1) is 23.2. The van der Waals surface area contributed by atoms with Gasteiger partial charge in [-0.05, 0) is 55.8 Å². The van der Waals surface area contributed by atoms with E-state index in [1.54, 1.807) is 48.6 Å². The highest BCUT2D eigenvalue weighted by Crippen LogP contribution is 2.51. The lowest BCUT2D eigenvalue weighted by atomic mass is 9.76. The van der Waals surface area contributed by atoms with Crippen molar-refractivity contribution in [3.8, 4) is 0 Å². The monoisotopic (exact) mass is 495 g/mol. The molecule has 2 saturated heterocycles. The van der Waals surface area contributed by atoms with Crippen molar-refractivity contribution in [3.05, 3.63) is 58.1 Å². The number of nitrogens with one attached hydrogen (secondary N) is 1. The third-order valence-corrected chi connectivity index (χ3v) is 7.90. The van der Waals surface area contributed by atoms with Crippen LogP contribution in [0.25, 0.3) is 0 Å². The number of hydrogen-bond donors (Lipinski definition) is 3. The van der Waals surface area contributed by atoms with Crippen LogP contribution in [0.2, 0.25) is 5.02 Å². The van der Waals surface area contributed by atoms with Crippen LogP contribution in [0.1, 0.15) is 41.3 Å². The minimum absolute atomic E-state index is 0.0172. The zero-order valence-corrected chi connectivity index (χ0v) is 19.9. The predicted molar refractivity (Wildman–Crippen MR) is 127 cm³/mol. The molecule has 2 aromatic rings. The zero-order valence-electron chi connectivity index (χ0n) is 19.1. The van der Waals surface area contributed by atoms with Crippen molar-refractivity contribution >= 4 is 52.4 Å². The molecular formula is C25H24ClN4O5+. The number of primary amides is 1. The Kier molecular flexibility index (Phi) is 5.30. The Morgan fingerprint density at radius 1 is 1.11 bits per heavy atom. The number of nitrogens with two attached hydrogens (primary N) is 2. The summed E-state index contributed by atoms with van der Waals surface area (Å²) >= 11 is 6.28. The number of halogens is 1. The van der Waals surface area contributed by atoms with Gasteiger partial charge in [-0.15, -0.1) is 0 Å². The normalized spacial score (nSPS) is 26.8. The van der Waals surface area contributed by atoms with Gasteiger partial charge < -0.3 is 16.4 Å². The van der Waals surface area contributed by atoms with E-state index in [1.165, 1.54) is 6.92 Å². The van der Waals surface area contributed by atoms with Crippen LogP contribution in [-0.4, -0.2) is 35.5 Å². The van der Waals surface area contributed by atoms with Crippen molar-refractivity contribution in [2.75, 3.05) is 10.2 Å². The average molecular weight is 496 g/mol. The number of nitrogens with zero attached hydrogens (tertiary/aromatic N) is 1. The summed E-state index contributed by atoms with van der Waals surface area (Å²) in [6.45, 7) is 3.21. The molecule has 4 atom stereocenters. The Balaban J connectivity index is 1.63. The Morgan fingerprint density at radius 3 is 2.43 bits per heavy atom. The predicted octanol–water partition coefficient (Wildman–Crippen LogP) is 1.02. The Bertz CT molecular complexity index is 1320. The summed E-state index contributed by atoms with van der Waals surface area (Å²) in [6, 6.07) is 9.09. The lowest BCUT2D eigenvalue weighted by Gasteiger charge is -2.26. The quantitative estimate of drug-likeness (QED) is 0.419. The number of benzene rings is 2. The molecule has 0 bridgehead atoms. The van der Waals surface area contributed by atoms with E-state index in [2.05, 4.69) is 5.32 Å². The third-order valence-electron chi connectivity index (χ3n) is 7.49. The van der Waals surface area contributed by atoms with Gasteiger partial charge in [-0.1, -0.05) is 11.6 Å². The van der Waals surface area contributed by atoms with Crippen LogP contribution in [0.5, 0.6) is 0 Å². The molecule has 2 fully saturated rings. The molecule has 180 valence electrons. The number of Topliss-reactive ketones (excluding diaryl/α,β-unsaturated/α-hetero) is 1. The molecule has 3 heterocycles. The number of ketones is 1. The van der Waals surface area contributed by atoms with E-state index in [-0.39, 0.29) is 18.6 Å². The molecular weight excluding hydrogens is 472 g/mol. The summed E-state index contributed by atoms with van der Waals surface area (Å²) < 4.78 is 0. The van der Waals surface area contributed by atoms with Crippen molar-refractivity contribution in [1.82, 2.24) is 0 Å². The van der Waals surface area contributed by atoms with Crippen molar-refractivity contribution in [2.24, 2.45) is 17.6 Å². The molecule has 5 N–H and O–H groups in total. The molecule has 1 spiro atoms. The highest BCUT2D eigenvalue weighted by Gasteiger charge is 2.74. The van der Waals surface area contributed by atoms with E-state index in [4.69, 9.17) is 17.3 Å². The van der Waals surface area contributed by atoms with Crippen molar-refractivity contribution in [3.63, 3.8) is 0 Å². The van der Waals surface area contributed by atoms with Gasteiger partial charge in [0.25, 0.3) is 5.91 Å². The second kappa shape index (κ2) is 8.00. The minimum Gasteiger partial charge on any atom is -0.370 e. The second-order valence-corrected chi connectivity index (χ2v) is 9.78. The van der Waals surface area contributed by atoms with Crippen molar-refractivity contribution in [2.45, 2.75) is 38.3 Å². The average Bonchev–Trinajstić information content (AvgIpc) is 3.40. The van der Waals surface area contributed by atoms with Gasteiger partial charge in [-0.2, -0.15) is 0 Å². The number of fused-ring (bicyclic) bond motifs is 4. The molecule has 2 aromatic carbocycles. The highest BCUT2D eigenvalue weighted by molar-refractivity contribution is 6.32. The summed E-state index contributed by atoms with van der Waals surface area (Å²) in [5.41, 5.74) is 6.59. The maximum atomic E-state index is 13.9. The molecule has 10 heteroatoms. The molecule has 9 nitrogen and oxygen atoms in total. The molecule has 0 saturated carbocycles. The number of imide groups is 1. The second-order valence-electron chi connectivity index (χ2n) is 9.37. The summed E-state index contributed by atoms with van der Waals surface area (Å²) in [4.78, 5) is 65.5. The molecule has 3 aliphatic heterocycles. The number of hydrogen-bond acceptors (Lipinski definition) is 5. The van der Waals surface area contributed by atoms with E-state index < -0.39 is 47.0 Å². The number of anilines is 2. The largest absolute Gasteiger partial charge is 0.370 e. The molecule has 5 rings (SSSR count). The first-order chi connectivity index (χ1) is 16.6. The van der Waals surface area contributed by atoms with Gasteiger partial charge >= 0.3 is 0 Å². The molecule has 4 amide bonds. The number of carbonyl (C=O) groups is 5. The van der Waals surface area contributed by atoms with Gasteiger partial charge in [0, 0.05) is 29.0 Å². The zero-order chi connectivity index (χ0) is 25.2. The van der Waals surface area contributed by atoms with Crippen LogP contribution in [0.15, 0.2) is 36.4 Å². The van der Waals surface area contributed by atoms with Crippen LogP contribution in [0.3, 0.4) is 0 Å². The first-order valence-electron chi connectivity index (χ1n) is 11.3. The van der Waals surface area contributed by atoms with E-state index in [9.17, 15) is 24.0 Å². The van der Waals surface area contributed by atoms with Crippen LogP contribution >= 0.6 is 11.6 Å². The van der Waals surface area contributed by atoms with Crippen LogP contribution < -0.4 is 21.3 Å². The molecule has 35 heavy (non-hydrogen) atoms. The number of rotatable bonds is 5. The van der Waals surface area contributed by atoms with Gasteiger partial charge in [-0.25, -0.2) is 4.90 Å². The maximum absolute atomic E-state index is 13.9. The summed E-state index contributed by atoms with van der Waals surface area (Å²) in [7, 11) is 0. The molecule has 3 aliphatic rings. The van der Waals surface area contributed by atoms with Crippen LogP contribution in [0.4, 0.5) is 11.4 Å². The molecule has 0 radical (unpaired) electrons. The number of amides is 4. The molecule has 0 aliphatic carbocycles. The maximum Gasteiger partial charge on any atom is 0.291 e. The fraction of sp³-hybridized carbons (Fsp3) is 0.320. The minimum atomic E-state index is -1.38. The summed E-state index contributed by atoms with van der Waals surface area (Å²) in [5.74, 6) is -3.81. The lowest BCUT2D eigenvalue weighted by Crippen LogP contribution is -2.99. The van der Waals surface area contributed by atoms with Crippen LogP contribution in [-0.2, 0) is 24.7 Å². The van der Waals surface area contributed by atoms with Gasteiger partial charge in [-0.3, -0.25) is 24.0 Å². The fourth-order valence-corrected chi connectivity index (χ4v) is 5.98. The fourth-order valence-electron chi connectivity index (χ4n) is 5.82. The standard InChI is InChI=1S/C25H23ClN4O5/c1-11-16(26)8-7-15-21(11)28-24(35)25(15)20-19(17(29-25)9-10-18(27)32)22(33)30(23(20)34)14-5-3-13(4-6-14)12(2)31/h3-8,17,19-20,29H,9-10H2,1-2H3,(H2,27,32)(H,28,35)/p+1/t17-,19+,20-,25+/m0/s1. The Hall–Kier alpha value is -3.56. The van der Waals surface area contributed by atoms with Crippen molar-refractivity contribution < 1.29 is 29.3 Å². The lowest BCUT2D eigenvalue weighted by molar-refractivity contribution is -0.733. The highest BCUT2D eigenvalue weighted by atomic mass is 35.5. The van der Waals surface area contributed by atoms with E-state index in [0.29, 0.717) is 33.1 Å². The van der Waals surface area contributed by atoms with Gasteiger partial charge in [0.2, 0.25) is 23.3 Å². The molecule has 0 aromatic heterocycles. The topological polar surface area (TPSA) is 143 Å². The number of quaternary nitrogens is 1. The summed E-state index contributed by atoms with van der Waals surface area (Å²) in [6.07, 6.45) is 0.257. The SMILES string of the molecule is CC(=O)c1ccc(N2C(=O)[C@@H]3[C@H](CCC(N)=O)[NH2+][C@@]4(C(=O)Nc5c4ccc(Cl)c5C)[C@@H]3C2=O)cc1. The first-order valence-corrected chi connectivity index (χ1v) is 11.7. The number of carbonyl (C=O) groups excluding carboxylic acids is 5.